The van der Waals surface area contributed by atoms with E-state index in [1.54, 1.807) is 0 Å². The van der Waals surface area contributed by atoms with Crippen LogP contribution in [0.4, 0.5) is 0 Å². The molecule has 0 atom stereocenters. The molecule has 0 unspecified atom stereocenters. The van der Waals surface area contributed by atoms with E-state index in [0.717, 1.165) is 122 Å². The number of aromatic nitrogens is 8. The molecule has 25 rings (SSSR count). The molecule has 18 aromatic carbocycles. The van der Waals surface area contributed by atoms with Crippen molar-refractivity contribution in [2.75, 3.05) is 0 Å². The van der Waals surface area contributed by atoms with E-state index in [1.165, 1.54) is 108 Å². The summed E-state index contributed by atoms with van der Waals surface area (Å²) in [5, 5.41) is 24.1. The van der Waals surface area contributed by atoms with Crippen molar-refractivity contribution in [3.63, 3.8) is 0 Å². The van der Waals surface area contributed by atoms with Crippen LogP contribution in [0.3, 0.4) is 0 Å². The smallest absolute Gasteiger partial charge is 0.165 e. The molecule has 7 heterocycles. The van der Waals surface area contributed by atoms with Gasteiger partial charge in [-0.3, -0.25) is 9.13 Å². The van der Waals surface area contributed by atoms with E-state index in [4.69, 9.17) is 24.4 Å². The summed E-state index contributed by atoms with van der Waals surface area (Å²) in [5.41, 5.74) is 20.4. The zero-order chi connectivity index (χ0) is 69.7. The molecule has 0 aliphatic carbocycles. The average Bonchev–Trinajstić information content (AvgIpc) is 1.54. The van der Waals surface area contributed by atoms with E-state index in [9.17, 15) is 0 Å². The Labute approximate surface area is 609 Å². The highest BCUT2D eigenvalue weighted by atomic mass is 16.3. The van der Waals surface area contributed by atoms with Gasteiger partial charge >= 0.3 is 0 Å². The first-order valence-electron chi connectivity index (χ1n) is 36.5. The summed E-state index contributed by atoms with van der Waals surface area (Å²) < 4.78 is 16.0. The minimum Gasteiger partial charge on any atom is -0.456 e. The van der Waals surface area contributed by atoms with Crippen molar-refractivity contribution in [3.8, 4) is 45.5 Å². The van der Waals surface area contributed by atoms with Crippen molar-refractivity contribution < 1.29 is 4.42 Å². The fraction of sp³-hybridized carbons (Fsp3) is 0. The molecule has 25 aromatic rings. The Morgan fingerprint density at radius 2 is 0.551 bits per heavy atom. The van der Waals surface area contributed by atoms with Crippen LogP contribution in [0.25, 0.3) is 231 Å². The number of hydrogen-bond donors (Lipinski definition) is 0. The maximum absolute atomic E-state index is 6.40. The first kappa shape index (κ1) is 58.0. The molecule has 0 amide bonds. The van der Waals surface area contributed by atoms with Crippen molar-refractivity contribution in [3.05, 3.63) is 340 Å². The van der Waals surface area contributed by atoms with Crippen LogP contribution in [0.5, 0.6) is 0 Å². The van der Waals surface area contributed by atoms with Gasteiger partial charge in [0.1, 0.15) is 22.6 Å². The molecule has 7 aromatic heterocycles. The molecule has 9 nitrogen and oxygen atoms in total. The first-order valence-corrected chi connectivity index (χ1v) is 36.5. The van der Waals surface area contributed by atoms with Crippen LogP contribution in [0.1, 0.15) is 0 Å². The third-order valence-corrected chi connectivity index (χ3v) is 22.7. The minimum atomic E-state index is 0.787. The van der Waals surface area contributed by atoms with E-state index in [1.807, 2.05) is 36.4 Å². The number of rotatable bonds is 6. The zero-order valence-electron chi connectivity index (χ0n) is 57.3. The quantitative estimate of drug-likeness (QED) is 0.155. The predicted octanol–water partition coefficient (Wildman–Crippen LogP) is 25.5. The molecule has 0 fully saturated rings. The van der Waals surface area contributed by atoms with Gasteiger partial charge in [0.05, 0.1) is 66.2 Å². The van der Waals surface area contributed by atoms with Gasteiger partial charge in [-0.1, -0.05) is 237 Å². The van der Waals surface area contributed by atoms with Crippen LogP contribution in [-0.2, 0) is 0 Å². The van der Waals surface area contributed by atoms with Gasteiger partial charge in [0.15, 0.2) is 11.6 Å². The Hall–Kier alpha value is -14.5. The van der Waals surface area contributed by atoms with Gasteiger partial charge in [-0.05, 0) is 152 Å². The highest BCUT2D eigenvalue weighted by molar-refractivity contribution is 6.40. The van der Waals surface area contributed by atoms with E-state index in [-0.39, 0.29) is 0 Å². The van der Waals surface area contributed by atoms with Crippen molar-refractivity contribution in [2.45, 2.75) is 0 Å². The Balaban J connectivity index is 0.000000127. The molecule has 0 N–H and O–H groups in total. The molecule has 494 valence electrons. The van der Waals surface area contributed by atoms with Crippen LogP contribution in [-0.4, -0.2) is 38.2 Å². The third-order valence-electron chi connectivity index (χ3n) is 22.7. The lowest BCUT2D eigenvalue weighted by molar-refractivity contribution is 0.669. The normalized spacial score (nSPS) is 12.3. The monoisotopic (exact) mass is 1360 g/mol. The number of nitrogens with zero attached hydrogens (tertiary/aromatic N) is 8. The van der Waals surface area contributed by atoms with Gasteiger partial charge in [-0.2, -0.15) is 0 Å². The fourth-order valence-electron chi connectivity index (χ4n) is 18.4. The SMILES string of the molecule is c1ccc(-c2nc3c(ccc4ccccc43)nc2-n2c3cccc4c5cccc6c5c5c(cccc5n6-c5ccccc5)c5cccc2c5c43)cc1.c1ccc(-n2c3cccc4c5cccc6c5c5c(cccc5n6-c5nc6ccccc6nc5-c5cccc6oc7ccccc7c56)c5cccc2c5c43)cc1. The molecule has 0 radical (unpaired) electrons. The average molecular weight is 1360 g/mol. The molecular weight excluding hydrogens is 1310 g/mol. The topological polar surface area (TPSA) is 84.4 Å². The van der Waals surface area contributed by atoms with Crippen molar-refractivity contribution >= 4 is 185 Å². The van der Waals surface area contributed by atoms with Crippen molar-refractivity contribution in [1.29, 1.82) is 0 Å². The van der Waals surface area contributed by atoms with Crippen LogP contribution >= 0.6 is 0 Å². The minimum absolute atomic E-state index is 0.787. The molecule has 0 aliphatic rings. The van der Waals surface area contributed by atoms with Gasteiger partial charge in [0, 0.05) is 81.8 Å². The van der Waals surface area contributed by atoms with Gasteiger partial charge in [-0.15, -0.1) is 0 Å². The Morgan fingerprint density at radius 3 is 1.02 bits per heavy atom. The first-order chi connectivity index (χ1) is 53.1. The summed E-state index contributed by atoms with van der Waals surface area (Å²) in [4.78, 5) is 22.0. The molecular formula is C98H56N8O. The van der Waals surface area contributed by atoms with Gasteiger partial charge in [0.2, 0.25) is 0 Å². The lowest BCUT2D eigenvalue weighted by Crippen LogP contribution is -2.04. The second kappa shape index (κ2) is 22.0. The molecule has 0 spiro atoms. The Kier molecular flexibility index (Phi) is 11.9. The number of fused-ring (bicyclic) bond motifs is 11. The summed E-state index contributed by atoms with van der Waals surface area (Å²) in [6.07, 6.45) is 0. The summed E-state index contributed by atoms with van der Waals surface area (Å²) in [6.45, 7) is 0. The van der Waals surface area contributed by atoms with E-state index >= 15 is 0 Å². The molecule has 0 aliphatic heterocycles. The molecule has 9 heteroatoms. The van der Waals surface area contributed by atoms with E-state index in [0.29, 0.717) is 0 Å². The van der Waals surface area contributed by atoms with Gasteiger partial charge < -0.3 is 13.6 Å². The third kappa shape index (κ3) is 8.05. The number of hydrogen-bond acceptors (Lipinski definition) is 5. The summed E-state index contributed by atoms with van der Waals surface area (Å²) in [6, 6.07) is 121. The number of benzene rings is 16. The summed E-state index contributed by atoms with van der Waals surface area (Å²) in [7, 11) is 0. The van der Waals surface area contributed by atoms with Crippen LogP contribution < -0.4 is 0 Å². The lowest BCUT2D eigenvalue weighted by Gasteiger charge is -2.14. The summed E-state index contributed by atoms with van der Waals surface area (Å²) in [5.74, 6) is 1.61. The van der Waals surface area contributed by atoms with Gasteiger partial charge in [0.25, 0.3) is 0 Å². The molecule has 0 saturated carbocycles. The Bertz CT molecular complexity index is 7810. The van der Waals surface area contributed by atoms with E-state index in [2.05, 4.69) is 322 Å². The highest BCUT2D eigenvalue weighted by Gasteiger charge is 2.29. The van der Waals surface area contributed by atoms with Crippen molar-refractivity contribution in [2.24, 2.45) is 0 Å². The molecule has 107 heavy (non-hydrogen) atoms. The fourth-order valence-corrected chi connectivity index (χ4v) is 18.4. The zero-order valence-corrected chi connectivity index (χ0v) is 57.3. The number of para-hydroxylation sites is 5. The summed E-state index contributed by atoms with van der Waals surface area (Å²) >= 11 is 0. The second-order valence-corrected chi connectivity index (χ2v) is 28.2. The maximum atomic E-state index is 6.40. The van der Waals surface area contributed by atoms with Crippen LogP contribution in [0.2, 0.25) is 0 Å². The Morgan fingerprint density at radius 1 is 0.206 bits per heavy atom. The van der Waals surface area contributed by atoms with E-state index < -0.39 is 0 Å². The molecule has 0 bridgehead atoms. The highest BCUT2D eigenvalue weighted by Crippen LogP contribution is 2.51. The standard InChI is InChI=1S/C50H28N4O.C48H28N4/c1-2-13-29(14-3-1)53-38-23-8-16-30-32-18-10-25-40-47(32)48-33(31-17-9-24-39(53)46(31)45(30)38)19-11-26-41(48)54(40)50-49(51-36-21-5-6-22-37(36)52-50)35-20-12-28-43-44(35)34-15-4-7-27-42(34)55-43;1-3-14-30(15-4-1)46-48(49-37-28-27-29-13-7-8-18-32(29)47(37)50-46)52-40-25-11-21-35-33-19-9-23-38-42(33)43-34(36-22-12-26-41(52)45(36)44(35)40)20-10-24-39(43)51(38)31-16-5-2-6-17-31/h1-28H;1-28H. The van der Waals surface area contributed by atoms with Crippen LogP contribution in [0.15, 0.2) is 344 Å². The number of furan rings is 1. The van der Waals surface area contributed by atoms with Gasteiger partial charge in [-0.25, -0.2) is 19.9 Å². The van der Waals surface area contributed by atoms with Crippen LogP contribution in [0, 0.1) is 0 Å². The predicted molar refractivity (Wildman–Crippen MR) is 444 cm³/mol. The van der Waals surface area contributed by atoms with Crippen molar-refractivity contribution in [1.82, 2.24) is 38.2 Å². The largest absolute Gasteiger partial charge is 0.456 e. The maximum Gasteiger partial charge on any atom is 0.165 e. The second-order valence-electron chi connectivity index (χ2n) is 28.2. The molecule has 0 saturated heterocycles. The lowest BCUT2D eigenvalue weighted by atomic mass is 9.95.